The molecule has 0 aliphatic heterocycles. The number of thioether (sulfide) groups is 1. The van der Waals surface area contributed by atoms with E-state index in [1.807, 2.05) is 11.3 Å². The van der Waals surface area contributed by atoms with Crippen molar-refractivity contribution in [2.75, 3.05) is 5.75 Å². The number of hydrogen-bond acceptors (Lipinski definition) is 6. The number of aryl methyl sites for hydroxylation is 2. The summed E-state index contributed by atoms with van der Waals surface area (Å²) in [7, 11) is 0. The van der Waals surface area contributed by atoms with Gasteiger partial charge in [0.2, 0.25) is 5.91 Å². The Labute approximate surface area is 185 Å². The fraction of sp³-hybridized carbons (Fsp3) is 0.636. The van der Waals surface area contributed by atoms with E-state index in [4.69, 9.17) is 4.98 Å². The Kier molecular flexibility index (Phi) is 5.71. The van der Waals surface area contributed by atoms with Gasteiger partial charge in [-0.3, -0.25) is 9.20 Å². The average Bonchev–Trinajstić information content (AvgIpc) is 3.33. The highest BCUT2D eigenvalue weighted by Crippen LogP contribution is 2.39. The standard InChI is InChI=1S/C22H29N5OS2/c1-13(2)19-24-21-18(15-10-6-7-11-16(15)30-21)20-25-26-22(27(19)20)29-12-17(28)23-14-8-4-3-5-9-14/h13-14H,3-12H2,1-2H3,(H,23,28). The fourth-order valence-electron chi connectivity index (χ4n) is 4.78. The van der Waals surface area contributed by atoms with Crippen LogP contribution in [0.3, 0.4) is 0 Å². The van der Waals surface area contributed by atoms with Crippen molar-refractivity contribution in [2.45, 2.75) is 88.8 Å². The second kappa shape index (κ2) is 8.46. The van der Waals surface area contributed by atoms with E-state index in [1.165, 1.54) is 59.7 Å². The Balaban J connectivity index is 1.46. The number of carbonyl (C=O) groups is 1. The number of fused-ring (bicyclic) bond motifs is 5. The van der Waals surface area contributed by atoms with Crippen molar-refractivity contribution in [3.05, 3.63) is 16.3 Å². The van der Waals surface area contributed by atoms with E-state index in [-0.39, 0.29) is 11.8 Å². The third kappa shape index (κ3) is 3.73. The van der Waals surface area contributed by atoms with Gasteiger partial charge in [0.1, 0.15) is 10.7 Å². The Morgan fingerprint density at radius 3 is 2.77 bits per heavy atom. The lowest BCUT2D eigenvalue weighted by molar-refractivity contribution is -0.119. The molecule has 6 nitrogen and oxygen atoms in total. The molecule has 0 saturated heterocycles. The van der Waals surface area contributed by atoms with Crippen molar-refractivity contribution in [1.29, 1.82) is 0 Å². The molecule has 0 bridgehead atoms. The zero-order valence-electron chi connectivity index (χ0n) is 17.7. The summed E-state index contributed by atoms with van der Waals surface area (Å²) in [5, 5.41) is 14.3. The van der Waals surface area contributed by atoms with Gasteiger partial charge in [-0.05, 0) is 44.1 Å². The molecule has 3 aromatic rings. The van der Waals surface area contributed by atoms with Crippen LogP contribution in [0.1, 0.15) is 81.0 Å². The predicted molar refractivity (Wildman–Crippen MR) is 123 cm³/mol. The van der Waals surface area contributed by atoms with E-state index >= 15 is 0 Å². The number of nitrogens with zero attached hydrogens (tertiary/aromatic N) is 4. The molecule has 3 aromatic heterocycles. The SMILES string of the molecule is CC(C)c1nc2sc3c(c2c2nnc(SCC(=O)NC4CCCCC4)n12)CCCC3. The van der Waals surface area contributed by atoms with Gasteiger partial charge in [-0.15, -0.1) is 21.5 Å². The summed E-state index contributed by atoms with van der Waals surface area (Å²) in [6.07, 6.45) is 10.7. The van der Waals surface area contributed by atoms with Gasteiger partial charge in [-0.25, -0.2) is 4.98 Å². The molecule has 0 aromatic carbocycles. The summed E-state index contributed by atoms with van der Waals surface area (Å²) >= 11 is 3.30. The fourth-order valence-corrected chi connectivity index (χ4v) is 6.79. The summed E-state index contributed by atoms with van der Waals surface area (Å²) < 4.78 is 2.10. The maximum Gasteiger partial charge on any atom is 0.230 e. The zero-order valence-corrected chi connectivity index (χ0v) is 19.4. The van der Waals surface area contributed by atoms with Crippen LogP contribution in [0.4, 0.5) is 0 Å². The summed E-state index contributed by atoms with van der Waals surface area (Å²) in [6, 6.07) is 0.340. The van der Waals surface area contributed by atoms with Crippen molar-refractivity contribution in [3.8, 4) is 0 Å². The molecular formula is C22H29N5OS2. The Bertz CT molecular complexity index is 1080. The lowest BCUT2D eigenvalue weighted by Crippen LogP contribution is -2.37. The van der Waals surface area contributed by atoms with Crippen LogP contribution in [-0.4, -0.2) is 37.3 Å². The first-order chi connectivity index (χ1) is 14.6. The minimum Gasteiger partial charge on any atom is -0.353 e. The van der Waals surface area contributed by atoms with Gasteiger partial charge in [-0.1, -0.05) is 44.9 Å². The van der Waals surface area contributed by atoms with Gasteiger partial charge in [0, 0.05) is 16.8 Å². The second-order valence-corrected chi connectivity index (χ2v) is 10.9. The van der Waals surface area contributed by atoms with E-state index in [9.17, 15) is 4.79 Å². The Hall–Kier alpha value is -1.67. The molecule has 1 fully saturated rings. The molecule has 0 unspecified atom stereocenters. The van der Waals surface area contributed by atoms with Crippen LogP contribution in [0.25, 0.3) is 15.9 Å². The number of aromatic nitrogens is 4. The molecule has 30 heavy (non-hydrogen) atoms. The van der Waals surface area contributed by atoms with Gasteiger partial charge in [0.05, 0.1) is 11.1 Å². The summed E-state index contributed by atoms with van der Waals surface area (Å²) in [4.78, 5) is 20.1. The summed E-state index contributed by atoms with van der Waals surface area (Å²) in [5.74, 6) is 1.70. The van der Waals surface area contributed by atoms with E-state index in [0.29, 0.717) is 11.8 Å². The van der Waals surface area contributed by atoms with Crippen LogP contribution in [0.2, 0.25) is 0 Å². The normalized spacial score (nSPS) is 17.7. The van der Waals surface area contributed by atoms with Crippen LogP contribution in [-0.2, 0) is 17.6 Å². The highest BCUT2D eigenvalue weighted by molar-refractivity contribution is 7.99. The Morgan fingerprint density at radius 2 is 1.97 bits per heavy atom. The molecule has 2 aliphatic rings. The third-order valence-corrected chi connectivity index (χ3v) is 8.39. The lowest BCUT2D eigenvalue weighted by Gasteiger charge is -2.22. The predicted octanol–water partition coefficient (Wildman–Crippen LogP) is 4.88. The minimum absolute atomic E-state index is 0.0942. The van der Waals surface area contributed by atoms with Crippen molar-refractivity contribution in [3.63, 3.8) is 0 Å². The molecule has 2 aliphatic carbocycles. The highest BCUT2D eigenvalue weighted by atomic mass is 32.2. The highest BCUT2D eigenvalue weighted by Gasteiger charge is 2.25. The van der Waals surface area contributed by atoms with Crippen molar-refractivity contribution in [1.82, 2.24) is 24.9 Å². The molecule has 0 spiro atoms. The average molecular weight is 444 g/mol. The van der Waals surface area contributed by atoms with Crippen LogP contribution < -0.4 is 5.32 Å². The van der Waals surface area contributed by atoms with Gasteiger partial charge >= 0.3 is 0 Å². The van der Waals surface area contributed by atoms with E-state index in [1.54, 1.807) is 0 Å². The van der Waals surface area contributed by atoms with Gasteiger partial charge in [0.25, 0.3) is 0 Å². The van der Waals surface area contributed by atoms with Crippen LogP contribution in [0.15, 0.2) is 5.16 Å². The third-order valence-electron chi connectivity index (χ3n) is 6.27. The monoisotopic (exact) mass is 443 g/mol. The summed E-state index contributed by atoms with van der Waals surface area (Å²) in [6.45, 7) is 4.32. The van der Waals surface area contributed by atoms with E-state index in [2.05, 4.69) is 33.8 Å². The molecule has 160 valence electrons. The maximum atomic E-state index is 12.5. The number of rotatable bonds is 5. The molecule has 8 heteroatoms. The van der Waals surface area contributed by atoms with E-state index < -0.39 is 0 Å². The molecule has 1 saturated carbocycles. The number of thiophene rings is 1. The molecular weight excluding hydrogens is 414 g/mol. The smallest absolute Gasteiger partial charge is 0.230 e. The molecule has 1 N–H and O–H groups in total. The molecule has 0 atom stereocenters. The van der Waals surface area contributed by atoms with Crippen LogP contribution >= 0.6 is 23.1 Å². The molecule has 3 heterocycles. The van der Waals surface area contributed by atoms with Crippen molar-refractivity contribution < 1.29 is 4.79 Å². The first-order valence-electron chi connectivity index (χ1n) is 11.2. The van der Waals surface area contributed by atoms with Gasteiger partial charge in [-0.2, -0.15) is 0 Å². The first kappa shape index (κ1) is 20.2. The quantitative estimate of drug-likeness (QED) is 0.569. The molecule has 1 amide bonds. The molecule has 0 radical (unpaired) electrons. The number of nitrogens with one attached hydrogen (secondary N) is 1. The van der Waals surface area contributed by atoms with Crippen molar-refractivity contribution >= 4 is 44.9 Å². The summed E-state index contributed by atoms with van der Waals surface area (Å²) in [5.41, 5.74) is 2.34. The lowest BCUT2D eigenvalue weighted by atomic mass is 9.95. The van der Waals surface area contributed by atoms with Crippen molar-refractivity contribution in [2.24, 2.45) is 0 Å². The van der Waals surface area contributed by atoms with Crippen LogP contribution in [0.5, 0.6) is 0 Å². The number of hydrogen-bond donors (Lipinski definition) is 1. The topological polar surface area (TPSA) is 72.2 Å². The minimum atomic E-state index is 0.0942. The van der Waals surface area contributed by atoms with E-state index in [0.717, 1.165) is 47.1 Å². The molecule has 5 rings (SSSR count). The first-order valence-corrected chi connectivity index (χ1v) is 13.0. The maximum absolute atomic E-state index is 12.5. The number of amides is 1. The zero-order chi connectivity index (χ0) is 20.7. The van der Waals surface area contributed by atoms with Gasteiger partial charge in [0.15, 0.2) is 10.8 Å². The Morgan fingerprint density at radius 1 is 1.17 bits per heavy atom. The number of carbonyl (C=O) groups excluding carboxylic acids is 1. The second-order valence-electron chi connectivity index (χ2n) is 8.85. The van der Waals surface area contributed by atoms with Gasteiger partial charge < -0.3 is 5.32 Å². The largest absolute Gasteiger partial charge is 0.353 e. The van der Waals surface area contributed by atoms with Crippen LogP contribution in [0, 0.1) is 0 Å².